The maximum atomic E-state index is 13.3. The summed E-state index contributed by atoms with van der Waals surface area (Å²) < 4.78 is 0. The fraction of sp³-hybridized carbons (Fsp3) is 0.600. The van der Waals surface area contributed by atoms with Gasteiger partial charge in [-0.15, -0.1) is 12.4 Å². The number of aryl methyl sites for hydroxylation is 1. The van der Waals surface area contributed by atoms with Crippen LogP contribution >= 0.6 is 12.4 Å². The van der Waals surface area contributed by atoms with Crippen LogP contribution in [0.15, 0.2) is 24.3 Å². The van der Waals surface area contributed by atoms with Crippen LogP contribution in [0.4, 0.5) is 0 Å². The molecule has 6 heteroatoms. The van der Waals surface area contributed by atoms with E-state index < -0.39 is 6.04 Å². The molecular weight excluding hydrogens is 350 g/mol. The summed E-state index contributed by atoms with van der Waals surface area (Å²) in [4.78, 5) is 28.0. The molecule has 144 valence electrons. The number of carbonyl (C=O) groups excluding carboxylic acids is 2. The zero-order valence-corrected chi connectivity index (χ0v) is 16.6. The van der Waals surface area contributed by atoms with Gasteiger partial charge >= 0.3 is 0 Å². The zero-order valence-electron chi connectivity index (χ0n) is 15.8. The summed E-state index contributed by atoms with van der Waals surface area (Å²) >= 11 is 0. The molecule has 2 aliphatic rings. The predicted molar refractivity (Wildman–Crippen MR) is 106 cm³/mol. The minimum atomic E-state index is -0.478. The van der Waals surface area contributed by atoms with Crippen molar-refractivity contribution in [2.75, 3.05) is 13.1 Å². The maximum Gasteiger partial charge on any atom is 0.251 e. The van der Waals surface area contributed by atoms with Gasteiger partial charge in [-0.05, 0) is 50.8 Å². The lowest BCUT2D eigenvalue weighted by Crippen LogP contribution is -2.55. The van der Waals surface area contributed by atoms with Crippen molar-refractivity contribution in [1.29, 1.82) is 0 Å². The van der Waals surface area contributed by atoms with E-state index in [9.17, 15) is 9.59 Å². The van der Waals surface area contributed by atoms with Gasteiger partial charge in [-0.2, -0.15) is 0 Å². The lowest BCUT2D eigenvalue weighted by atomic mass is 10.0. The number of nitrogens with one attached hydrogen (secondary N) is 2. The predicted octanol–water partition coefficient (Wildman–Crippen LogP) is 2.52. The zero-order chi connectivity index (χ0) is 18.0. The average molecular weight is 380 g/mol. The number of rotatable bonds is 4. The van der Waals surface area contributed by atoms with Gasteiger partial charge in [-0.3, -0.25) is 9.59 Å². The summed E-state index contributed by atoms with van der Waals surface area (Å²) in [6, 6.07) is 7.58. The van der Waals surface area contributed by atoms with Crippen LogP contribution in [0.25, 0.3) is 0 Å². The minimum absolute atomic E-state index is 0. The van der Waals surface area contributed by atoms with Gasteiger partial charge in [0.2, 0.25) is 5.91 Å². The van der Waals surface area contributed by atoms with Crippen LogP contribution in [-0.4, -0.2) is 47.9 Å². The largest absolute Gasteiger partial charge is 0.340 e. The van der Waals surface area contributed by atoms with Crippen molar-refractivity contribution in [3.05, 3.63) is 35.4 Å². The molecule has 3 unspecified atom stereocenters. The van der Waals surface area contributed by atoms with Crippen LogP contribution in [0.5, 0.6) is 0 Å². The third-order valence-corrected chi connectivity index (χ3v) is 5.41. The second-order valence-corrected chi connectivity index (χ2v) is 7.69. The number of benzene rings is 1. The highest BCUT2D eigenvalue weighted by Gasteiger charge is 2.41. The van der Waals surface area contributed by atoms with Crippen LogP contribution in [-0.2, 0) is 4.79 Å². The van der Waals surface area contributed by atoms with Crippen LogP contribution in [0, 0.1) is 12.8 Å². The Balaban J connectivity index is 0.00000243. The molecule has 1 aromatic carbocycles. The van der Waals surface area contributed by atoms with E-state index in [0.29, 0.717) is 11.6 Å². The average Bonchev–Trinajstić information content (AvgIpc) is 2.84. The van der Waals surface area contributed by atoms with Crippen molar-refractivity contribution in [3.63, 3.8) is 0 Å². The standard InChI is InChI=1S/C20H29N3O2.ClH/c1-13(2)18(22-19(24)15-6-4-5-14(3)11-15)20(25)23-16-7-8-17(23)12-21-10-9-16;/h4-6,11,13,16-18,21H,7-10,12H2,1-3H3,(H,22,24);1H. The number of hydrogen-bond acceptors (Lipinski definition) is 3. The SMILES string of the molecule is Cc1cccc(C(=O)NC(C(=O)N2C3CCNCC2CC3)C(C)C)c1.Cl. The van der Waals surface area contributed by atoms with Gasteiger partial charge in [-0.1, -0.05) is 31.5 Å². The van der Waals surface area contributed by atoms with Crippen molar-refractivity contribution < 1.29 is 9.59 Å². The topological polar surface area (TPSA) is 61.4 Å². The van der Waals surface area contributed by atoms with Crippen LogP contribution in [0.2, 0.25) is 0 Å². The molecule has 0 spiro atoms. The second-order valence-electron chi connectivity index (χ2n) is 7.69. The Morgan fingerprint density at radius 1 is 1.19 bits per heavy atom. The summed E-state index contributed by atoms with van der Waals surface area (Å²) in [5, 5.41) is 6.42. The normalized spacial score (nSPS) is 23.2. The maximum absolute atomic E-state index is 13.3. The molecule has 5 nitrogen and oxygen atoms in total. The molecule has 2 saturated heterocycles. The molecule has 3 atom stereocenters. The van der Waals surface area contributed by atoms with Gasteiger partial charge < -0.3 is 15.5 Å². The highest BCUT2D eigenvalue weighted by Crippen LogP contribution is 2.29. The molecule has 2 N–H and O–H groups in total. The molecule has 2 heterocycles. The van der Waals surface area contributed by atoms with Gasteiger partial charge in [0, 0.05) is 24.2 Å². The van der Waals surface area contributed by atoms with E-state index in [4.69, 9.17) is 0 Å². The summed E-state index contributed by atoms with van der Waals surface area (Å²) in [6.45, 7) is 7.78. The van der Waals surface area contributed by atoms with Gasteiger partial charge in [0.1, 0.15) is 6.04 Å². The number of nitrogens with zero attached hydrogens (tertiary/aromatic N) is 1. The van der Waals surface area contributed by atoms with Crippen LogP contribution in [0.3, 0.4) is 0 Å². The molecule has 2 fully saturated rings. The first-order valence-corrected chi connectivity index (χ1v) is 9.38. The van der Waals surface area contributed by atoms with E-state index in [1.54, 1.807) is 6.07 Å². The first kappa shape index (κ1) is 20.7. The van der Waals surface area contributed by atoms with E-state index in [-0.39, 0.29) is 36.2 Å². The van der Waals surface area contributed by atoms with Crippen molar-refractivity contribution >= 4 is 24.2 Å². The third-order valence-electron chi connectivity index (χ3n) is 5.41. The number of hydrogen-bond donors (Lipinski definition) is 2. The van der Waals surface area contributed by atoms with Gasteiger partial charge in [0.15, 0.2) is 0 Å². The molecular formula is C20H30ClN3O2. The lowest BCUT2D eigenvalue weighted by molar-refractivity contribution is -0.137. The quantitative estimate of drug-likeness (QED) is 0.845. The summed E-state index contributed by atoms with van der Waals surface area (Å²) in [5.74, 6) is -0.0416. The molecule has 0 saturated carbocycles. The van der Waals surface area contributed by atoms with Crippen molar-refractivity contribution in [3.8, 4) is 0 Å². The van der Waals surface area contributed by atoms with Crippen LogP contribution in [0.1, 0.15) is 49.0 Å². The fourth-order valence-corrected chi connectivity index (χ4v) is 4.03. The highest BCUT2D eigenvalue weighted by molar-refractivity contribution is 5.97. The third kappa shape index (κ3) is 4.38. The Kier molecular flexibility index (Phi) is 7.07. The molecule has 2 aliphatic heterocycles. The minimum Gasteiger partial charge on any atom is -0.340 e. The number of carbonyl (C=O) groups is 2. The number of fused-ring (bicyclic) bond motifs is 2. The highest BCUT2D eigenvalue weighted by atomic mass is 35.5. The number of halogens is 1. The molecule has 0 radical (unpaired) electrons. The van der Waals surface area contributed by atoms with Crippen molar-refractivity contribution in [2.24, 2.45) is 5.92 Å². The summed E-state index contributed by atoms with van der Waals surface area (Å²) in [5.41, 5.74) is 1.65. The summed E-state index contributed by atoms with van der Waals surface area (Å²) in [6.07, 6.45) is 3.13. The molecule has 26 heavy (non-hydrogen) atoms. The monoisotopic (exact) mass is 379 g/mol. The first-order chi connectivity index (χ1) is 12.0. The van der Waals surface area contributed by atoms with Crippen molar-refractivity contribution in [1.82, 2.24) is 15.5 Å². The van der Waals surface area contributed by atoms with Gasteiger partial charge in [-0.25, -0.2) is 0 Å². The second kappa shape index (κ2) is 8.87. The Labute approximate surface area is 162 Å². The molecule has 1 aromatic rings. The molecule has 0 aromatic heterocycles. The van der Waals surface area contributed by atoms with E-state index in [0.717, 1.165) is 37.9 Å². The molecule has 2 bridgehead atoms. The Morgan fingerprint density at radius 2 is 1.92 bits per heavy atom. The van der Waals surface area contributed by atoms with Gasteiger partial charge in [0.05, 0.1) is 0 Å². The Morgan fingerprint density at radius 3 is 2.62 bits per heavy atom. The lowest BCUT2D eigenvalue weighted by Gasteiger charge is -2.33. The van der Waals surface area contributed by atoms with Crippen molar-refractivity contribution in [2.45, 2.75) is 58.2 Å². The summed E-state index contributed by atoms with van der Waals surface area (Å²) in [7, 11) is 0. The first-order valence-electron chi connectivity index (χ1n) is 9.38. The van der Waals surface area contributed by atoms with Gasteiger partial charge in [0.25, 0.3) is 5.91 Å². The van der Waals surface area contributed by atoms with E-state index in [1.165, 1.54) is 0 Å². The molecule has 0 aliphatic carbocycles. The fourth-order valence-electron chi connectivity index (χ4n) is 4.03. The Bertz CT molecular complexity index is 636. The van der Waals surface area contributed by atoms with E-state index in [2.05, 4.69) is 15.5 Å². The smallest absolute Gasteiger partial charge is 0.251 e. The van der Waals surface area contributed by atoms with E-state index >= 15 is 0 Å². The van der Waals surface area contributed by atoms with Crippen LogP contribution < -0.4 is 10.6 Å². The Hall–Kier alpha value is -1.59. The van der Waals surface area contributed by atoms with E-state index in [1.807, 2.05) is 39.0 Å². The molecule has 2 amide bonds. The molecule has 3 rings (SSSR count). The number of amides is 2.